The van der Waals surface area contributed by atoms with Crippen LogP contribution in [0.4, 0.5) is 0 Å². The van der Waals surface area contributed by atoms with Crippen molar-refractivity contribution in [2.24, 2.45) is 5.10 Å². The van der Waals surface area contributed by atoms with Crippen LogP contribution < -0.4 is 14.9 Å². The number of rotatable bonds is 4. The summed E-state index contributed by atoms with van der Waals surface area (Å²) in [5, 5.41) is 3.83. The Balaban J connectivity index is 1.87. The van der Waals surface area contributed by atoms with Gasteiger partial charge in [-0.3, -0.25) is 4.79 Å². The van der Waals surface area contributed by atoms with Gasteiger partial charge in [0.2, 0.25) is 5.91 Å². The van der Waals surface area contributed by atoms with Gasteiger partial charge in [0.25, 0.3) is 0 Å². The molecule has 0 fully saturated rings. The van der Waals surface area contributed by atoms with Gasteiger partial charge in [0.1, 0.15) is 18.1 Å². The summed E-state index contributed by atoms with van der Waals surface area (Å²) in [4.78, 5) is 10.9. The van der Waals surface area contributed by atoms with Crippen molar-refractivity contribution in [2.75, 3.05) is 13.7 Å². The van der Waals surface area contributed by atoms with Gasteiger partial charge in [0.05, 0.1) is 19.2 Å². The Morgan fingerprint density at radius 2 is 2.00 bits per heavy atom. The second-order valence-corrected chi connectivity index (χ2v) is 3.35. The molecule has 0 radical (unpaired) electrons. The van der Waals surface area contributed by atoms with E-state index in [1.165, 1.54) is 0 Å². The number of benzene rings is 1. The smallest absolute Gasteiger partial charge is 0.245 e. The highest BCUT2D eigenvalue weighted by Gasteiger charge is 2.14. The van der Waals surface area contributed by atoms with E-state index in [1.54, 1.807) is 7.11 Å². The van der Waals surface area contributed by atoms with Gasteiger partial charge in [-0.25, -0.2) is 5.43 Å². The molecule has 1 amide bonds. The first-order valence-electron chi connectivity index (χ1n) is 4.89. The van der Waals surface area contributed by atoms with Crippen molar-refractivity contribution >= 4 is 11.6 Å². The molecule has 0 bridgehead atoms. The van der Waals surface area contributed by atoms with Gasteiger partial charge in [-0.1, -0.05) is 0 Å². The number of ether oxygens (including phenoxy) is 2. The Morgan fingerprint density at radius 3 is 2.56 bits per heavy atom. The molecule has 1 aromatic carbocycles. The number of hydrazone groups is 1. The van der Waals surface area contributed by atoms with E-state index < -0.39 is 0 Å². The number of hydrogen-bond donors (Lipinski definition) is 1. The predicted molar refractivity (Wildman–Crippen MR) is 58.7 cm³/mol. The van der Waals surface area contributed by atoms with Gasteiger partial charge in [-0.05, 0) is 24.3 Å². The predicted octanol–water partition coefficient (Wildman–Crippen LogP) is 0.950. The molecule has 0 aliphatic carbocycles. The minimum Gasteiger partial charge on any atom is -0.497 e. The van der Waals surface area contributed by atoms with E-state index in [0.29, 0.717) is 18.7 Å². The summed E-state index contributed by atoms with van der Waals surface area (Å²) >= 11 is 0. The average Bonchev–Trinajstić information content (AvgIpc) is 2.73. The number of amides is 1. The molecule has 0 saturated heterocycles. The molecule has 1 aromatic rings. The van der Waals surface area contributed by atoms with E-state index in [-0.39, 0.29) is 5.91 Å². The van der Waals surface area contributed by atoms with Crippen molar-refractivity contribution < 1.29 is 14.3 Å². The number of methoxy groups -OCH3 is 1. The van der Waals surface area contributed by atoms with Crippen LogP contribution in [-0.4, -0.2) is 25.3 Å². The molecule has 1 heterocycles. The fourth-order valence-electron chi connectivity index (χ4n) is 1.33. The van der Waals surface area contributed by atoms with E-state index in [1.807, 2.05) is 24.3 Å². The van der Waals surface area contributed by atoms with Crippen LogP contribution in [0.2, 0.25) is 0 Å². The quantitative estimate of drug-likeness (QED) is 0.821. The van der Waals surface area contributed by atoms with Crippen molar-refractivity contribution in [3.63, 3.8) is 0 Å². The molecule has 2 rings (SSSR count). The first-order valence-corrected chi connectivity index (χ1v) is 4.89. The Kier molecular flexibility index (Phi) is 3.05. The van der Waals surface area contributed by atoms with Gasteiger partial charge in [0, 0.05) is 0 Å². The third-order valence-electron chi connectivity index (χ3n) is 2.17. The molecule has 5 nitrogen and oxygen atoms in total. The zero-order valence-corrected chi connectivity index (χ0v) is 8.90. The summed E-state index contributed by atoms with van der Waals surface area (Å²) in [6, 6.07) is 7.25. The number of carbonyl (C=O) groups excluding carboxylic acids is 1. The summed E-state index contributed by atoms with van der Waals surface area (Å²) in [7, 11) is 1.61. The summed E-state index contributed by atoms with van der Waals surface area (Å²) in [5.41, 5.74) is 3.08. The lowest BCUT2D eigenvalue weighted by atomic mass is 10.3. The SMILES string of the molecule is COc1ccc(OCC2=NNC(=O)C2)cc1. The van der Waals surface area contributed by atoms with Crippen LogP contribution in [0.25, 0.3) is 0 Å². The summed E-state index contributed by atoms with van der Waals surface area (Å²) in [6.45, 7) is 0.324. The van der Waals surface area contributed by atoms with E-state index in [9.17, 15) is 4.79 Å². The molecule has 84 valence electrons. The third-order valence-corrected chi connectivity index (χ3v) is 2.17. The van der Waals surface area contributed by atoms with Gasteiger partial charge in [-0.15, -0.1) is 0 Å². The van der Waals surface area contributed by atoms with Crippen LogP contribution in [0.15, 0.2) is 29.4 Å². The summed E-state index contributed by atoms with van der Waals surface area (Å²) in [6.07, 6.45) is 0.316. The van der Waals surface area contributed by atoms with E-state index >= 15 is 0 Å². The monoisotopic (exact) mass is 220 g/mol. The molecule has 1 aliphatic rings. The maximum atomic E-state index is 10.9. The Bertz CT molecular complexity index is 412. The fourth-order valence-corrected chi connectivity index (χ4v) is 1.33. The fraction of sp³-hybridized carbons (Fsp3) is 0.273. The molecule has 0 unspecified atom stereocenters. The number of nitrogens with one attached hydrogen (secondary N) is 1. The number of hydrogen-bond acceptors (Lipinski definition) is 4. The highest BCUT2D eigenvalue weighted by atomic mass is 16.5. The van der Waals surface area contributed by atoms with E-state index in [0.717, 1.165) is 11.5 Å². The van der Waals surface area contributed by atoms with Crippen LogP contribution in [0.3, 0.4) is 0 Å². The average molecular weight is 220 g/mol. The molecule has 5 heteroatoms. The van der Waals surface area contributed by atoms with Gasteiger partial charge in [0.15, 0.2) is 0 Å². The Labute approximate surface area is 93.1 Å². The molecular weight excluding hydrogens is 208 g/mol. The van der Waals surface area contributed by atoms with Crippen LogP contribution in [0.5, 0.6) is 11.5 Å². The Hall–Kier alpha value is -2.04. The van der Waals surface area contributed by atoms with E-state index in [2.05, 4.69) is 10.5 Å². The topological polar surface area (TPSA) is 59.9 Å². The van der Waals surface area contributed by atoms with Crippen molar-refractivity contribution in [1.29, 1.82) is 0 Å². The van der Waals surface area contributed by atoms with Crippen LogP contribution in [0.1, 0.15) is 6.42 Å². The first kappa shape index (κ1) is 10.5. The standard InChI is InChI=1S/C11H12N2O3/c1-15-9-2-4-10(5-3-9)16-7-8-6-11(14)13-12-8/h2-5H,6-7H2,1H3,(H,13,14). The van der Waals surface area contributed by atoms with Crippen molar-refractivity contribution in [2.45, 2.75) is 6.42 Å². The van der Waals surface area contributed by atoms with Gasteiger partial charge in [-0.2, -0.15) is 5.10 Å². The number of carbonyl (C=O) groups is 1. The second kappa shape index (κ2) is 4.65. The molecular formula is C11H12N2O3. The largest absolute Gasteiger partial charge is 0.497 e. The first-order chi connectivity index (χ1) is 7.78. The lowest BCUT2D eigenvalue weighted by Crippen LogP contribution is -2.12. The zero-order chi connectivity index (χ0) is 11.4. The normalized spacial score (nSPS) is 14.3. The van der Waals surface area contributed by atoms with Gasteiger partial charge < -0.3 is 9.47 Å². The maximum Gasteiger partial charge on any atom is 0.245 e. The van der Waals surface area contributed by atoms with Crippen molar-refractivity contribution in [1.82, 2.24) is 5.43 Å². The van der Waals surface area contributed by atoms with Crippen molar-refractivity contribution in [3.05, 3.63) is 24.3 Å². The summed E-state index contributed by atoms with van der Waals surface area (Å²) in [5.74, 6) is 1.42. The molecule has 1 N–H and O–H groups in total. The number of nitrogens with zero attached hydrogens (tertiary/aromatic N) is 1. The van der Waals surface area contributed by atoms with Crippen molar-refractivity contribution in [3.8, 4) is 11.5 Å². The Morgan fingerprint density at radius 1 is 1.31 bits per heavy atom. The molecule has 0 aromatic heterocycles. The maximum absolute atomic E-state index is 10.9. The van der Waals surface area contributed by atoms with Gasteiger partial charge >= 0.3 is 0 Å². The van der Waals surface area contributed by atoms with Crippen LogP contribution >= 0.6 is 0 Å². The molecule has 1 aliphatic heterocycles. The highest BCUT2D eigenvalue weighted by Crippen LogP contribution is 2.17. The third kappa shape index (κ3) is 2.50. The minimum absolute atomic E-state index is 0.0895. The summed E-state index contributed by atoms with van der Waals surface area (Å²) < 4.78 is 10.5. The second-order valence-electron chi connectivity index (χ2n) is 3.35. The van der Waals surface area contributed by atoms with Crippen LogP contribution in [-0.2, 0) is 4.79 Å². The lowest BCUT2D eigenvalue weighted by Gasteiger charge is -2.05. The highest BCUT2D eigenvalue weighted by molar-refractivity contribution is 6.05. The zero-order valence-electron chi connectivity index (χ0n) is 8.90. The molecule has 16 heavy (non-hydrogen) atoms. The molecule has 0 atom stereocenters. The van der Waals surface area contributed by atoms with Crippen LogP contribution in [0, 0.1) is 0 Å². The lowest BCUT2D eigenvalue weighted by molar-refractivity contribution is -0.119. The minimum atomic E-state index is -0.0895. The van der Waals surface area contributed by atoms with E-state index in [4.69, 9.17) is 9.47 Å². The molecule has 0 saturated carbocycles. The molecule has 0 spiro atoms.